The zero-order valence-corrected chi connectivity index (χ0v) is 19.1. The Bertz CT molecular complexity index is 834. The third kappa shape index (κ3) is 9.39. The minimum atomic E-state index is -0.597. The molecule has 2 atom stereocenters. The standard InChI is InChI=1S/C25H32N2O3S.H2/c1-3-10-22(24(29)26-18-17-21-13-8-5-9-14-21)27-25(30)23(31-19(2)28)16-15-20-11-6-4-7-12-20;/h4-9,11-14,22-23H,3,10,15-18H2,1-2H3,(H,26,29)(H,27,30);1H. The van der Waals surface area contributed by atoms with Crippen molar-refractivity contribution in [3.05, 3.63) is 71.8 Å². The Balaban J connectivity index is 0.00000512. The third-order valence-electron chi connectivity index (χ3n) is 4.90. The fourth-order valence-electron chi connectivity index (χ4n) is 3.31. The van der Waals surface area contributed by atoms with Crippen LogP contribution in [0.25, 0.3) is 0 Å². The first-order chi connectivity index (χ1) is 15.0. The van der Waals surface area contributed by atoms with Gasteiger partial charge in [0.05, 0.1) is 5.25 Å². The highest BCUT2D eigenvalue weighted by molar-refractivity contribution is 8.14. The maximum atomic E-state index is 12.9. The minimum absolute atomic E-state index is 0. The Hall–Kier alpha value is -2.60. The highest BCUT2D eigenvalue weighted by Crippen LogP contribution is 2.19. The second kappa shape index (κ2) is 13.7. The summed E-state index contributed by atoms with van der Waals surface area (Å²) in [5.74, 6) is -0.437. The fraction of sp³-hybridized carbons (Fsp3) is 0.400. The molecule has 0 heterocycles. The molecule has 0 saturated carbocycles. The van der Waals surface area contributed by atoms with Gasteiger partial charge in [0.25, 0.3) is 0 Å². The van der Waals surface area contributed by atoms with Crippen molar-refractivity contribution in [1.82, 2.24) is 10.6 Å². The van der Waals surface area contributed by atoms with Crippen molar-refractivity contribution >= 4 is 28.7 Å². The number of hydrogen-bond donors (Lipinski definition) is 2. The lowest BCUT2D eigenvalue weighted by atomic mass is 10.1. The summed E-state index contributed by atoms with van der Waals surface area (Å²) in [7, 11) is 0. The summed E-state index contributed by atoms with van der Waals surface area (Å²) in [5, 5.41) is 5.19. The molecular formula is C25H34N2O3S. The second-order valence-corrected chi connectivity index (χ2v) is 8.88. The minimum Gasteiger partial charge on any atom is -0.354 e. The van der Waals surface area contributed by atoms with Gasteiger partial charge in [-0.1, -0.05) is 85.8 Å². The summed E-state index contributed by atoms with van der Waals surface area (Å²) in [5.41, 5.74) is 2.27. The predicted octanol–water partition coefficient (Wildman–Crippen LogP) is 4.16. The molecule has 2 unspecified atom stereocenters. The summed E-state index contributed by atoms with van der Waals surface area (Å²) in [6.07, 6.45) is 3.29. The number of amides is 2. The maximum absolute atomic E-state index is 12.9. The molecule has 0 bridgehead atoms. The molecule has 2 rings (SSSR count). The second-order valence-electron chi connectivity index (χ2n) is 7.50. The van der Waals surface area contributed by atoms with Gasteiger partial charge in [0, 0.05) is 14.9 Å². The fourth-order valence-corrected chi connectivity index (χ4v) is 4.12. The molecule has 0 aliphatic carbocycles. The number of carbonyl (C=O) groups excluding carboxylic acids is 3. The monoisotopic (exact) mass is 442 g/mol. The van der Waals surface area contributed by atoms with Crippen molar-refractivity contribution in [3.8, 4) is 0 Å². The van der Waals surface area contributed by atoms with Crippen molar-refractivity contribution < 1.29 is 15.8 Å². The van der Waals surface area contributed by atoms with Gasteiger partial charge in [0.2, 0.25) is 11.8 Å². The average Bonchev–Trinajstić information content (AvgIpc) is 2.77. The zero-order valence-electron chi connectivity index (χ0n) is 18.3. The molecule has 2 amide bonds. The highest BCUT2D eigenvalue weighted by Gasteiger charge is 2.26. The molecule has 0 aliphatic heterocycles. The zero-order chi connectivity index (χ0) is 22.5. The normalized spacial score (nSPS) is 12.6. The Morgan fingerprint density at radius 3 is 2.00 bits per heavy atom. The van der Waals surface area contributed by atoms with Gasteiger partial charge >= 0.3 is 0 Å². The lowest BCUT2D eigenvalue weighted by molar-refractivity contribution is -0.129. The molecule has 2 aromatic carbocycles. The molecule has 0 radical (unpaired) electrons. The first-order valence-electron chi connectivity index (χ1n) is 10.8. The van der Waals surface area contributed by atoms with Crippen LogP contribution in [0.3, 0.4) is 0 Å². The number of nitrogens with one attached hydrogen (secondary N) is 2. The van der Waals surface area contributed by atoms with E-state index in [0.29, 0.717) is 25.8 Å². The van der Waals surface area contributed by atoms with Crippen molar-refractivity contribution in [2.75, 3.05) is 6.54 Å². The number of thioether (sulfide) groups is 1. The van der Waals surface area contributed by atoms with E-state index in [1.165, 1.54) is 6.92 Å². The Morgan fingerprint density at radius 2 is 1.45 bits per heavy atom. The summed E-state index contributed by atoms with van der Waals surface area (Å²) >= 11 is 1.03. The molecule has 168 valence electrons. The van der Waals surface area contributed by atoms with Crippen molar-refractivity contribution in [3.63, 3.8) is 0 Å². The molecule has 0 saturated heterocycles. The molecule has 2 N–H and O–H groups in total. The van der Waals surface area contributed by atoms with E-state index in [4.69, 9.17) is 0 Å². The number of rotatable bonds is 12. The molecule has 5 nitrogen and oxygen atoms in total. The highest BCUT2D eigenvalue weighted by atomic mass is 32.2. The van der Waals surface area contributed by atoms with E-state index in [1.807, 2.05) is 67.6 Å². The predicted molar refractivity (Wildman–Crippen MR) is 129 cm³/mol. The maximum Gasteiger partial charge on any atom is 0.242 e. The lowest BCUT2D eigenvalue weighted by Gasteiger charge is -2.21. The Kier molecular flexibility index (Phi) is 10.9. The van der Waals surface area contributed by atoms with E-state index in [-0.39, 0.29) is 18.4 Å². The summed E-state index contributed by atoms with van der Waals surface area (Å²) in [4.78, 5) is 37.3. The van der Waals surface area contributed by atoms with Gasteiger partial charge in [-0.3, -0.25) is 14.4 Å². The first kappa shape index (κ1) is 24.7. The molecule has 0 aromatic heterocycles. The van der Waals surface area contributed by atoms with E-state index in [9.17, 15) is 14.4 Å². The quantitative estimate of drug-likeness (QED) is 0.518. The number of aryl methyl sites for hydroxylation is 1. The van der Waals surface area contributed by atoms with Gasteiger partial charge in [-0.15, -0.1) is 0 Å². The van der Waals surface area contributed by atoms with Crippen molar-refractivity contribution in [1.29, 1.82) is 0 Å². The average molecular weight is 443 g/mol. The van der Waals surface area contributed by atoms with Crippen LogP contribution in [0, 0.1) is 0 Å². The van der Waals surface area contributed by atoms with Crippen molar-refractivity contribution in [2.45, 2.75) is 57.2 Å². The summed E-state index contributed by atoms with van der Waals surface area (Å²) in [6.45, 7) is 3.96. The lowest BCUT2D eigenvalue weighted by Crippen LogP contribution is -2.49. The Morgan fingerprint density at radius 1 is 0.871 bits per heavy atom. The SMILES string of the molecule is CCCC(NC(=O)C(CCc1ccccc1)SC(C)=O)C(=O)NCCc1ccccc1.[HH]. The first-order valence-corrected chi connectivity index (χ1v) is 11.7. The van der Waals surface area contributed by atoms with Crippen LogP contribution in [0.2, 0.25) is 0 Å². The molecule has 0 aliphatic rings. The van der Waals surface area contributed by atoms with Gasteiger partial charge < -0.3 is 10.6 Å². The Labute approximate surface area is 190 Å². The van der Waals surface area contributed by atoms with Crippen LogP contribution in [0.4, 0.5) is 0 Å². The van der Waals surface area contributed by atoms with E-state index in [2.05, 4.69) is 10.6 Å². The van der Waals surface area contributed by atoms with Crippen LogP contribution >= 0.6 is 11.8 Å². The van der Waals surface area contributed by atoms with Gasteiger partial charge in [-0.25, -0.2) is 0 Å². The van der Waals surface area contributed by atoms with Gasteiger partial charge in [-0.2, -0.15) is 0 Å². The van der Waals surface area contributed by atoms with Gasteiger partial charge in [-0.05, 0) is 36.8 Å². The van der Waals surface area contributed by atoms with Crippen LogP contribution in [0.15, 0.2) is 60.7 Å². The van der Waals surface area contributed by atoms with E-state index < -0.39 is 11.3 Å². The summed E-state index contributed by atoms with van der Waals surface area (Å²) < 4.78 is 0. The molecule has 2 aromatic rings. The van der Waals surface area contributed by atoms with Crippen molar-refractivity contribution in [2.24, 2.45) is 0 Å². The number of hydrogen-bond acceptors (Lipinski definition) is 4. The number of carbonyl (C=O) groups is 3. The molecule has 0 fully saturated rings. The molecular weight excluding hydrogens is 408 g/mol. The van der Waals surface area contributed by atoms with Crippen LogP contribution in [0.1, 0.15) is 45.7 Å². The topological polar surface area (TPSA) is 75.3 Å². The van der Waals surface area contributed by atoms with Gasteiger partial charge in [0.15, 0.2) is 5.12 Å². The smallest absolute Gasteiger partial charge is 0.242 e. The summed E-state index contributed by atoms with van der Waals surface area (Å²) in [6, 6.07) is 19.2. The largest absolute Gasteiger partial charge is 0.354 e. The van der Waals surface area contributed by atoms with Crippen LogP contribution < -0.4 is 10.6 Å². The third-order valence-corrected chi connectivity index (χ3v) is 5.97. The van der Waals surface area contributed by atoms with Crippen LogP contribution in [-0.4, -0.2) is 34.8 Å². The van der Waals surface area contributed by atoms with E-state index >= 15 is 0 Å². The molecule has 0 spiro atoms. The number of benzene rings is 2. The van der Waals surface area contributed by atoms with E-state index in [0.717, 1.165) is 35.7 Å². The van der Waals surface area contributed by atoms with Crippen LogP contribution in [0.5, 0.6) is 0 Å². The van der Waals surface area contributed by atoms with Gasteiger partial charge in [0.1, 0.15) is 6.04 Å². The molecule has 6 heteroatoms. The molecule has 31 heavy (non-hydrogen) atoms. The van der Waals surface area contributed by atoms with E-state index in [1.54, 1.807) is 0 Å². The van der Waals surface area contributed by atoms with Crippen LogP contribution in [-0.2, 0) is 27.2 Å².